The number of rotatable bonds is 7. The summed E-state index contributed by atoms with van der Waals surface area (Å²) >= 11 is 5.61. The van der Waals surface area contributed by atoms with Gasteiger partial charge in [-0.25, -0.2) is 0 Å². The molecule has 0 radical (unpaired) electrons. The molecule has 112 valence electrons. The summed E-state index contributed by atoms with van der Waals surface area (Å²) in [6, 6.07) is 8.57. The van der Waals surface area contributed by atoms with Crippen molar-refractivity contribution >= 4 is 17.5 Å². The van der Waals surface area contributed by atoms with E-state index in [0.29, 0.717) is 12.5 Å². The number of carbonyl (C=O) groups excluding carboxylic acids is 1. The summed E-state index contributed by atoms with van der Waals surface area (Å²) in [7, 11) is 3.72. The Hall–Kier alpha value is -1.06. The van der Waals surface area contributed by atoms with Crippen LogP contribution in [0.4, 0.5) is 0 Å². The first-order chi connectivity index (χ1) is 9.54. The van der Waals surface area contributed by atoms with E-state index in [9.17, 15) is 4.79 Å². The Balaban J connectivity index is 2.98. The van der Waals surface area contributed by atoms with Crippen molar-refractivity contribution in [3.05, 3.63) is 35.4 Å². The molecule has 2 atom stereocenters. The highest BCUT2D eigenvalue weighted by Gasteiger charge is 2.19. The van der Waals surface area contributed by atoms with Crippen LogP contribution in [0.25, 0.3) is 0 Å². The summed E-state index contributed by atoms with van der Waals surface area (Å²) in [6.07, 6.45) is 1.10. The average molecular weight is 297 g/mol. The molecule has 0 saturated carbocycles. The highest BCUT2D eigenvalue weighted by molar-refractivity contribution is 6.27. The second kappa shape index (κ2) is 8.28. The van der Waals surface area contributed by atoms with Crippen LogP contribution in [0.15, 0.2) is 24.3 Å². The quantitative estimate of drug-likeness (QED) is 0.784. The lowest BCUT2D eigenvalue weighted by Gasteiger charge is -2.27. The summed E-state index contributed by atoms with van der Waals surface area (Å²) in [5.74, 6) is 0.490. The molecular weight excluding hydrogens is 272 g/mol. The molecule has 2 unspecified atom stereocenters. The van der Waals surface area contributed by atoms with Gasteiger partial charge in [-0.2, -0.15) is 0 Å². The van der Waals surface area contributed by atoms with E-state index in [1.165, 1.54) is 11.1 Å². The van der Waals surface area contributed by atoms with Gasteiger partial charge in [0.2, 0.25) is 5.91 Å². The molecule has 1 amide bonds. The molecule has 0 aromatic heterocycles. The molecule has 20 heavy (non-hydrogen) atoms. The predicted octanol–water partition coefficient (Wildman–Crippen LogP) is 3.16. The zero-order valence-electron chi connectivity index (χ0n) is 12.8. The second-order valence-electron chi connectivity index (χ2n) is 5.19. The number of nitrogens with zero attached hydrogens (tertiary/aromatic N) is 1. The second-order valence-corrected chi connectivity index (χ2v) is 5.45. The van der Waals surface area contributed by atoms with E-state index in [0.717, 1.165) is 6.42 Å². The van der Waals surface area contributed by atoms with E-state index in [2.05, 4.69) is 43.4 Å². The first-order valence-corrected chi connectivity index (χ1v) is 7.64. The summed E-state index contributed by atoms with van der Waals surface area (Å²) in [5, 5.41) is 3.31. The molecule has 0 heterocycles. The Labute approximate surface area is 127 Å². The van der Waals surface area contributed by atoms with Crippen molar-refractivity contribution < 1.29 is 4.79 Å². The van der Waals surface area contributed by atoms with Gasteiger partial charge in [-0.3, -0.25) is 4.79 Å². The predicted molar refractivity (Wildman–Crippen MR) is 85.3 cm³/mol. The third kappa shape index (κ3) is 4.22. The fraction of sp³-hybridized carbons (Fsp3) is 0.562. The molecule has 1 aromatic carbocycles. The van der Waals surface area contributed by atoms with Crippen molar-refractivity contribution in [3.8, 4) is 0 Å². The molecule has 0 spiro atoms. The molecule has 1 N–H and O–H groups in total. The zero-order chi connectivity index (χ0) is 15.1. The molecule has 0 aliphatic carbocycles. The molecule has 0 aliphatic rings. The van der Waals surface area contributed by atoms with Crippen molar-refractivity contribution in [2.45, 2.75) is 32.2 Å². The number of hydrogen-bond acceptors (Lipinski definition) is 2. The minimum atomic E-state index is -0.0482. The number of amides is 1. The van der Waals surface area contributed by atoms with Gasteiger partial charge in [0.1, 0.15) is 5.88 Å². The minimum absolute atomic E-state index is 0.0277. The number of carbonyl (C=O) groups is 1. The third-order valence-electron chi connectivity index (χ3n) is 3.86. The first kappa shape index (κ1) is 17.0. The van der Waals surface area contributed by atoms with E-state index in [1.54, 1.807) is 11.9 Å². The van der Waals surface area contributed by atoms with Gasteiger partial charge in [-0.1, -0.05) is 38.1 Å². The van der Waals surface area contributed by atoms with Crippen LogP contribution in [0, 0.1) is 0 Å². The van der Waals surface area contributed by atoms with Crippen molar-refractivity contribution in [2.75, 3.05) is 26.5 Å². The summed E-state index contributed by atoms with van der Waals surface area (Å²) < 4.78 is 0. The number of halogens is 1. The van der Waals surface area contributed by atoms with Crippen LogP contribution in [-0.2, 0) is 4.79 Å². The molecule has 0 aliphatic heterocycles. The summed E-state index contributed by atoms with van der Waals surface area (Å²) in [5.41, 5.74) is 2.61. The fourth-order valence-electron chi connectivity index (χ4n) is 2.32. The molecule has 0 fully saturated rings. The molecule has 3 nitrogen and oxygen atoms in total. The van der Waals surface area contributed by atoms with Gasteiger partial charge in [0.25, 0.3) is 0 Å². The van der Waals surface area contributed by atoms with Gasteiger partial charge in [0.15, 0.2) is 0 Å². The molecule has 1 rings (SSSR count). The van der Waals surface area contributed by atoms with Gasteiger partial charge in [0, 0.05) is 19.6 Å². The summed E-state index contributed by atoms with van der Waals surface area (Å²) in [4.78, 5) is 13.3. The Morgan fingerprint density at radius 1 is 1.35 bits per heavy atom. The lowest BCUT2D eigenvalue weighted by molar-refractivity contribution is -0.127. The molecule has 0 saturated heterocycles. The highest BCUT2D eigenvalue weighted by atomic mass is 35.5. The number of hydrogen-bond donors (Lipinski definition) is 1. The van der Waals surface area contributed by atoms with Crippen molar-refractivity contribution in [3.63, 3.8) is 0 Å². The van der Waals surface area contributed by atoms with Crippen LogP contribution >= 0.6 is 11.6 Å². The molecule has 1 aromatic rings. The number of nitrogens with one attached hydrogen (secondary N) is 1. The maximum Gasteiger partial charge on any atom is 0.237 e. The third-order valence-corrected chi connectivity index (χ3v) is 4.09. The topological polar surface area (TPSA) is 32.3 Å². The molecule has 4 heteroatoms. The van der Waals surface area contributed by atoms with Crippen molar-refractivity contribution in [1.29, 1.82) is 0 Å². The van der Waals surface area contributed by atoms with Crippen LogP contribution in [-0.4, -0.2) is 37.3 Å². The van der Waals surface area contributed by atoms with Crippen LogP contribution in [0.3, 0.4) is 0 Å². The fourth-order valence-corrected chi connectivity index (χ4v) is 2.52. The van der Waals surface area contributed by atoms with Crippen molar-refractivity contribution in [1.82, 2.24) is 10.2 Å². The molecule has 0 bridgehead atoms. The maximum absolute atomic E-state index is 11.6. The number of benzene rings is 1. The van der Waals surface area contributed by atoms with Crippen LogP contribution in [0.2, 0.25) is 0 Å². The van der Waals surface area contributed by atoms with E-state index in [1.807, 2.05) is 7.05 Å². The maximum atomic E-state index is 11.6. The Bertz CT molecular complexity index is 436. The molecular formula is C16H25ClN2O. The Morgan fingerprint density at radius 3 is 2.45 bits per heavy atom. The highest BCUT2D eigenvalue weighted by Crippen LogP contribution is 2.27. The lowest BCUT2D eigenvalue weighted by Crippen LogP contribution is -2.36. The SMILES string of the molecule is CCC(C)c1ccccc1C(CN(C)C(=O)CCl)NC. The monoisotopic (exact) mass is 296 g/mol. The van der Waals surface area contributed by atoms with Gasteiger partial charge in [-0.05, 0) is 30.5 Å². The van der Waals surface area contributed by atoms with Gasteiger partial charge < -0.3 is 10.2 Å². The minimum Gasteiger partial charge on any atom is -0.343 e. The van der Waals surface area contributed by atoms with Gasteiger partial charge in [-0.15, -0.1) is 11.6 Å². The average Bonchev–Trinajstić information content (AvgIpc) is 2.50. The van der Waals surface area contributed by atoms with E-state index in [-0.39, 0.29) is 17.8 Å². The van der Waals surface area contributed by atoms with E-state index >= 15 is 0 Å². The van der Waals surface area contributed by atoms with Crippen LogP contribution in [0.1, 0.15) is 43.4 Å². The van der Waals surface area contributed by atoms with Crippen LogP contribution in [0.5, 0.6) is 0 Å². The normalized spacial score (nSPS) is 13.8. The van der Waals surface area contributed by atoms with Gasteiger partial charge >= 0.3 is 0 Å². The Kier molecular flexibility index (Phi) is 7.03. The van der Waals surface area contributed by atoms with Crippen molar-refractivity contribution in [2.24, 2.45) is 0 Å². The van der Waals surface area contributed by atoms with Gasteiger partial charge in [0.05, 0.1) is 0 Å². The Morgan fingerprint density at radius 2 is 1.95 bits per heavy atom. The largest absolute Gasteiger partial charge is 0.343 e. The number of likely N-dealkylation sites (N-methyl/N-ethyl adjacent to an activating group) is 2. The smallest absolute Gasteiger partial charge is 0.237 e. The first-order valence-electron chi connectivity index (χ1n) is 7.11. The van der Waals surface area contributed by atoms with E-state index < -0.39 is 0 Å². The number of alkyl halides is 1. The van der Waals surface area contributed by atoms with Crippen LogP contribution < -0.4 is 5.32 Å². The standard InChI is InChI=1S/C16H25ClN2O/c1-5-12(2)13-8-6-7-9-14(13)15(18-3)11-19(4)16(20)10-17/h6-9,12,15,18H,5,10-11H2,1-4H3. The lowest BCUT2D eigenvalue weighted by atomic mass is 9.90. The summed E-state index contributed by atoms with van der Waals surface area (Å²) in [6.45, 7) is 5.05. The zero-order valence-corrected chi connectivity index (χ0v) is 13.6. The van der Waals surface area contributed by atoms with E-state index in [4.69, 9.17) is 11.6 Å².